The molecule has 1 aliphatic rings. The van der Waals surface area contributed by atoms with Gasteiger partial charge < -0.3 is 5.73 Å². The van der Waals surface area contributed by atoms with Gasteiger partial charge in [-0.3, -0.25) is 4.79 Å². The zero-order valence-corrected chi connectivity index (χ0v) is 11.9. The first-order valence-corrected chi connectivity index (χ1v) is 6.77. The van der Waals surface area contributed by atoms with Gasteiger partial charge in [-0.05, 0) is 29.8 Å². The second-order valence-corrected chi connectivity index (χ2v) is 5.32. The van der Waals surface area contributed by atoms with Crippen LogP contribution in [-0.4, -0.2) is 11.6 Å². The molecule has 1 amide bonds. The number of carbonyl (C=O) groups is 1. The first-order chi connectivity index (χ1) is 9.58. The van der Waals surface area contributed by atoms with E-state index in [2.05, 4.69) is 4.99 Å². The lowest BCUT2D eigenvalue weighted by Crippen LogP contribution is -2.19. The monoisotopic (exact) mass is 304 g/mol. The summed E-state index contributed by atoms with van der Waals surface area (Å²) in [5.74, 6) is -0.315. The normalized spacial score (nSPS) is 13.9. The molecule has 0 fully saturated rings. The van der Waals surface area contributed by atoms with E-state index in [1.54, 1.807) is 36.4 Å². The Hall–Kier alpha value is -1.84. The number of nitrogen functional groups attached to an aromatic ring is 1. The molecule has 20 heavy (non-hydrogen) atoms. The summed E-state index contributed by atoms with van der Waals surface area (Å²) in [5, 5.41) is 0.948. The Morgan fingerprint density at radius 1 is 1.05 bits per heavy atom. The van der Waals surface area contributed by atoms with Crippen molar-refractivity contribution in [2.24, 2.45) is 4.99 Å². The lowest BCUT2D eigenvalue weighted by atomic mass is 9.93. The fourth-order valence-electron chi connectivity index (χ4n) is 2.31. The number of aliphatic imine (C=N–C) groups is 1. The molecule has 2 N–H and O–H groups in total. The van der Waals surface area contributed by atoms with Crippen LogP contribution in [0.2, 0.25) is 10.0 Å². The predicted molar refractivity (Wildman–Crippen MR) is 81.9 cm³/mol. The molecular formula is C15H10Cl2N2O. The SMILES string of the molecule is Nc1cccc2c1CC(c1c(Cl)cccc1Cl)=NC2=O. The average Bonchev–Trinajstić information content (AvgIpc) is 2.40. The molecule has 1 heterocycles. The molecule has 100 valence electrons. The molecule has 3 rings (SSSR count). The van der Waals surface area contributed by atoms with Crippen molar-refractivity contribution in [2.45, 2.75) is 6.42 Å². The number of carbonyl (C=O) groups excluding carboxylic acids is 1. The average molecular weight is 305 g/mol. The summed E-state index contributed by atoms with van der Waals surface area (Å²) in [7, 11) is 0. The number of benzene rings is 2. The van der Waals surface area contributed by atoms with Gasteiger partial charge in [-0.25, -0.2) is 4.99 Å². The number of nitrogens with zero attached hydrogens (tertiary/aromatic N) is 1. The fourth-order valence-corrected chi connectivity index (χ4v) is 2.93. The van der Waals surface area contributed by atoms with Crippen LogP contribution < -0.4 is 5.73 Å². The highest BCUT2D eigenvalue weighted by Gasteiger charge is 2.24. The van der Waals surface area contributed by atoms with Crippen LogP contribution in [0.1, 0.15) is 21.5 Å². The van der Waals surface area contributed by atoms with E-state index in [1.165, 1.54) is 0 Å². The molecule has 0 aromatic heterocycles. The Bertz CT molecular complexity index is 733. The molecule has 0 bridgehead atoms. The van der Waals surface area contributed by atoms with Crippen LogP contribution in [0.25, 0.3) is 0 Å². The molecule has 0 atom stereocenters. The lowest BCUT2D eigenvalue weighted by molar-refractivity contribution is 0.100. The number of hydrogen-bond acceptors (Lipinski definition) is 2. The highest BCUT2D eigenvalue weighted by Crippen LogP contribution is 2.30. The second-order valence-electron chi connectivity index (χ2n) is 4.51. The van der Waals surface area contributed by atoms with Gasteiger partial charge in [0.15, 0.2) is 0 Å². The fraction of sp³-hybridized carbons (Fsp3) is 0.0667. The summed E-state index contributed by atoms with van der Waals surface area (Å²) in [6.45, 7) is 0. The minimum Gasteiger partial charge on any atom is -0.398 e. The van der Waals surface area contributed by atoms with Crippen LogP contribution in [-0.2, 0) is 6.42 Å². The maximum atomic E-state index is 12.1. The first-order valence-electron chi connectivity index (χ1n) is 6.01. The van der Waals surface area contributed by atoms with Crippen LogP contribution in [0, 0.1) is 0 Å². The van der Waals surface area contributed by atoms with Gasteiger partial charge >= 0.3 is 0 Å². The Morgan fingerprint density at radius 3 is 2.40 bits per heavy atom. The van der Waals surface area contributed by atoms with E-state index in [-0.39, 0.29) is 5.91 Å². The number of nitrogens with two attached hydrogens (primary N) is 1. The summed E-state index contributed by atoms with van der Waals surface area (Å²) in [5.41, 5.74) is 8.98. The number of rotatable bonds is 1. The Morgan fingerprint density at radius 2 is 1.70 bits per heavy atom. The maximum Gasteiger partial charge on any atom is 0.277 e. The largest absolute Gasteiger partial charge is 0.398 e. The van der Waals surface area contributed by atoms with Gasteiger partial charge in [-0.2, -0.15) is 0 Å². The van der Waals surface area contributed by atoms with Crippen molar-refractivity contribution >= 4 is 40.5 Å². The molecule has 0 saturated heterocycles. The molecular weight excluding hydrogens is 295 g/mol. The van der Waals surface area contributed by atoms with E-state index in [0.717, 1.165) is 5.56 Å². The molecule has 2 aromatic carbocycles. The van der Waals surface area contributed by atoms with Gasteiger partial charge in [0, 0.05) is 23.2 Å². The third-order valence-electron chi connectivity index (χ3n) is 3.27. The topological polar surface area (TPSA) is 55.4 Å². The maximum absolute atomic E-state index is 12.1. The minimum atomic E-state index is -0.315. The van der Waals surface area contributed by atoms with Gasteiger partial charge in [0.2, 0.25) is 0 Å². The molecule has 0 aliphatic carbocycles. The molecule has 0 spiro atoms. The molecule has 3 nitrogen and oxygen atoms in total. The number of anilines is 1. The van der Waals surface area contributed by atoms with E-state index < -0.39 is 0 Å². The Labute approximate surface area is 126 Å². The molecule has 0 saturated carbocycles. The highest BCUT2D eigenvalue weighted by atomic mass is 35.5. The van der Waals surface area contributed by atoms with Gasteiger partial charge in [-0.1, -0.05) is 35.3 Å². The molecule has 2 aromatic rings. The third kappa shape index (κ3) is 2.09. The van der Waals surface area contributed by atoms with E-state index in [1.807, 2.05) is 0 Å². The van der Waals surface area contributed by atoms with Crippen LogP contribution in [0.3, 0.4) is 0 Å². The van der Waals surface area contributed by atoms with E-state index in [9.17, 15) is 4.79 Å². The van der Waals surface area contributed by atoms with Crippen LogP contribution in [0.5, 0.6) is 0 Å². The summed E-state index contributed by atoms with van der Waals surface area (Å²) in [4.78, 5) is 16.2. The van der Waals surface area contributed by atoms with Crippen molar-refractivity contribution in [3.8, 4) is 0 Å². The molecule has 0 radical (unpaired) electrons. The van der Waals surface area contributed by atoms with E-state index in [4.69, 9.17) is 28.9 Å². The van der Waals surface area contributed by atoms with Crippen molar-refractivity contribution in [1.29, 1.82) is 0 Å². The molecule has 0 unspecified atom stereocenters. The Balaban J connectivity index is 2.15. The van der Waals surface area contributed by atoms with Crippen LogP contribution >= 0.6 is 23.2 Å². The van der Waals surface area contributed by atoms with E-state index in [0.29, 0.717) is 39.0 Å². The van der Waals surface area contributed by atoms with Crippen molar-refractivity contribution in [3.63, 3.8) is 0 Å². The van der Waals surface area contributed by atoms with Crippen LogP contribution in [0.4, 0.5) is 5.69 Å². The first kappa shape index (κ1) is 13.2. The third-order valence-corrected chi connectivity index (χ3v) is 3.90. The highest BCUT2D eigenvalue weighted by molar-refractivity contribution is 6.41. The number of fused-ring (bicyclic) bond motifs is 1. The summed E-state index contributed by atoms with van der Waals surface area (Å²) in [6, 6.07) is 10.4. The summed E-state index contributed by atoms with van der Waals surface area (Å²) in [6.07, 6.45) is 0.442. The lowest BCUT2D eigenvalue weighted by Gasteiger charge is -2.18. The number of halogens is 2. The summed E-state index contributed by atoms with van der Waals surface area (Å²) >= 11 is 12.3. The van der Waals surface area contributed by atoms with Crippen molar-refractivity contribution in [3.05, 3.63) is 63.1 Å². The van der Waals surface area contributed by atoms with Gasteiger partial charge in [0.1, 0.15) is 0 Å². The standard InChI is InChI=1S/C15H10Cl2N2O/c16-10-4-2-5-11(17)14(10)13-7-9-8(15(20)19-13)3-1-6-12(9)18/h1-6H,7,18H2. The predicted octanol–water partition coefficient (Wildman–Crippen LogP) is 3.76. The van der Waals surface area contributed by atoms with Crippen molar-refractivity contribution < 1.29 is 4.79 Å². The Kier molecular flexibility index (Phi) is 3.24. The van der Waals surface area contributed by atoms with Crippen LogP contribution in [0.15, 0.2) is 41.4 Å². The smallest absolute Gasteiger partial charge is 0.277 e. The van der Waals surface area contributed by atoms with Gasteiger partial charge in [-0.15, -0.1) is 0 Å². The van der Waals surface area contributed by atoms with Gasteiger partial charge in [0.25, 0.3) is 5.91 Å². The summed E-state index contributed by atoms with van der Waals surface area (Å²) < 4.78 is 0. The zero-order valence-electron chi connectivity index (χ0n) is 10.4. The van der Waals surface area contributed by atoms with E-state index >= 15 is 0 Å². The van der Waals surface area contributed by atoms with Gasteiger partial charge in [0.05, 0.1) is 15.8 Å². The number of amides is 1. The quantitative estimate of drug-likeness (QED) is 0.816. The van der Waals surface area contributed by atoms with Crippen molar-refractivity contribution in [2.75, 3.05) is 5.73 Å². The minimum absolute atomic E-state index is 0.315. The zero-order chi connectivity index (χ0) is 14.3. The number of hydrogen-bond donors (Lipinski definition) is 1. The molecule has 1 aliphatic heterocycles. The second kappa shape index (κ2) is 4.93. The molecule has 5 heteroatoms. The van der Waals surface area contributed by atoms with Crippen molar-refractivity contribution in [1.82, 2.24) is 0 Å².